The van der Waals surface area contributed by atoms with Crippen molar-refractivity contribution in [3.63, 3.8) is 0 Å². The van der Waals surface area contributed by atoms with Crippen molar-refractivity contribution in [2.75, 3.05) is 5.32 Å². The summed E-state index contributed by atoms with van der Waals surface area (Å²) in [5, 5.41) is 15.3. The quantitative estimate of drug-likeness (QED) is 0.373. The molecule has 3 aromatic heterocycles. The van der Waals surface area contributed by atoms with Crippen molar-refractivity contribution in [1.82, 2.24) is 9.97 Å². The van der Waals surface area contributed by atoms with E-state index in [0.29, 0.717) is 27.4 Å². The Kier molecular flexibility index (Phi) is 4.57. The normalized spacial score (nSPS) is 10.9. The SMILES string of the molecule is Cc1csc2c(NC(=O)c3ccc([N+](=O)[O-])s3)nc(-c3ccc(F)cc3)nc12. The number of benzene rings is 1. The van der Waals surface area contributed by atoms with Crippen LogP contribution in [0.4, 0.5) is 15.2 Å². The third kappa shape index (κ3) is 3.35. The van der Waals surface area contributed by atoms with E-state index in [9.17, 15) is 19.3 Å². The molecule has 0 atom stereocenters. The number of nitrogens with one attached hydrogen (secondary N) is 1. The summed E-state index contributed by atoms with van der Waals surface area (Å²) < 4.78 is 13.9. The standard InChI is InChI=1S/C18H11FN4O3S2/c1-9-8-27-15-14(9)20-16(10-2-4-11(19)5-3-10)21-17(15)22-18(24)12-6-7-13(28-12)23(25)26/h2-8H,1H3,(H,20,21,22,24). The van der Waals surface area contributed by atoms with Crippen LogP contribution in [0.3, 0.4) is 0 Å². The first-order valence-corrected chi connectivity index (χ1v) is 9.69. The lowest BCUT2D eigenvalue weighted by Gasteiger charge is -2.08. The van der Waals surface area contributed by atoms with Crippen LogP contribution in [0.2, 0.25) is 0 Å². The highest BCUT2D eigenvalue weighted by Crippen LogP contribution is 2.33. The van der Waals surface area contributed by atoms with E-state index in [1.54, 1.807) is 12.1 Å². The summed E-state index contributed by atoms with van der Waals surface area (Å²) in [6.45, 7) is 1.90. The van der Waals surface area contributed by atoms with Gasteiger partial charge < -0.3 is 5.32 Å². The van der Waals surface area contributed by atoms with Crippen molar-refractivity contribution in [2.45, 2.75) is 6.92 Å². The molecule has 7 nitrogen and oxygen atoms in total. The molecular weight excluding hydrogens is 403 g/mol. The number of aromatic nitrogens is 2. The van der Waals surface area contributed by atoms with Crippen molar-refractivity contribution in [1.29, 1.82) is 0 Å². The smallest absolute Gasteiger partial charge is 0.305 e. The van der Waals surface area contributed by atoms with Gasteiger partial charge >= 0.3 is 5.00 Å². The van der Waals surface area contributed by atoms with Gasteiger partial charge in [0.2, 0.25) is 0 Å². The Morgan fingerprint density at radius 1 is 1.18 bits per heavy atom. The molecule has 0 aliphatic carbocycles. The van der Waals surface area contributed by atoms with Gasteiger partial charge in [-0.05, 0) is 48.2 Å². The van der Waals surface area contributed by atoms with Gasteiger partial charge in [0, 0.05) is 11.6 Å². The number of halogens is 1. The number of fused-ring (bicyclic) bond motifs is 1. The number of anilines is 1. The second-order valence-electron chi connectivity index (χ2n) is 5.85. The topological polar surface area (TPSA) is 98.0 Å². The van der Waals surface area contributed by atoms with Gasteiger partial charge in [0.1, 0.15) is 5.82 Å². The van der Waals surface area contributed by atoms with Crippen LogP contribution >= 0.6 is 22.7 Å². The van der Waals surface area contributed by atoms with Crippen molar-refractivity contribution < 1.29 is 14.1 Å². The first-order valence-electron chi connectivity index (χ1n) is 8.00. The molecule has 1 amide bonds. The minimum Gasteiger partial charge on any atom is -0.305 e. The third-order valence-electron chi connectivity index (χ3n) is 3.92. The van der Waals surface area contributed by atoms with Crippen LogP contribution in [0.25, 0.3) is 21.6 Å². The monoisotopic (exact) mass is 414 g/mol. The molecule has 0 saturated carbocycles. The average molecular weight is 414 g/mol. The Labute approximate surface area is 165 Å². The van der Waals surface area contributed by atoms with Crippen molar-refractivity contribution in [3.05, 3.63) is 68.2 Å². The Morgan fingerprint density at radius 3 is 2.61 bits per heavy atom. The van der Waals surface area contributed by atoms with Gasteiger partial charge in [-0.15, -0.1) is 11.3 Å². The van der Waals surface area contributed by atoms with E-state index in [4.69, 9.17) is 0 Å². The molecule has 28 heavy (non-hydrogen) atoms. The number of thiophene rings is 2. The van der Waals surface area contributed by atoms with Crippen molar-refractivity contribution >= 4 is 49.6 Å². The highest BCUT2D eigenvalue weighted by molar-refractivity contribution is 7.18. The molecule has 0 aliphatic rings. The minimum atomic E-state index is -0.542. The number of carbonyl (C=O) groups is 1. The second-order valence-corrected chi connectivity index (χ2v) is 7.79. The maximum Gasteiger partial charge on any atom is 0.324 e. The van der Waals surface area contributed by atoms with Crippen LogP contribution in [0.15, 0.2) is 41.8 Å². The van der Waals surface area contributed by atoms with Gasteiger partial charge in [0.05, 0.1) is 20.0 Å². The van der Waals surface area contributed by atoms with Gasteiger partial charge in [-0.2, -0.15) is 0 Å². The number of nitrogens with zero attached hydrogens (tertiary/aromatic N) is 3. The predicted molar refractivity (Wildman–Crippen MR) is 106 cm³/mol. The maximum absolute atomic E-state index is 13.2. The molecule has 1 N–H and O–H groups in total. The van der Waals surface area contributed by atoms with Gasteiger partial charge in [0.15, 0.2) is 11.6 Å². The zero-order valence-corrected chi connectivity index (χ0v) is 15.9. The largest absolute Gasteiger partial charge is 0.324 e. The summed E-state index contributed by atoms with van der Waals surface area (Å²) in [7, 11) is 0. The van der Waals surface area contributed by atoms with Gasteiger partial charge in [-0.3, -0.25) is 14.9 Å². The number of carbonyl (C=O) groups excluding carboxylic acids is 1. The molecule has 0 radical (unpaired) electrons. The summed E-state index contributed by atoms with van der Waals surface area (Å²) in [5.41, 5.74) is 2.22. The molecule has 4 aromatic rings. The summed E-state index contributed by atoms with van der Waals surface area (Å²) >= 11 is 2.18. The second kappa shape index (κ2) is 7.06. The van der Waals surface area contributed by atoms with Gasteiger partial charge in [0.25, 0.3) is 5.91 Å². The number of hydrogen-bond donors (Lipinski definition) is 1. The highest BCUT2D eigenvalue weighted by Gasteiger charge is 2.19. The molecule has 1 aromatic carbocycles. The summed E-state index contributed by atoms with van der Waals surface area (Å²) in [6.07, 6.45) is 0. The third-order valence-corrected chi connectivity index (χ3v) is 6.05. The van der Waals surface area contributed by atoms with Crippen LogP contribution in [-0.2, 0) is 0 Å². The first kappa shape index (κ1) is 18.1. The fraction of sp³-hybridized carbons (Fsp3) is 0.0556. The number of nitro groups is 1. The average Bonchev–Trinajstić information content (AvgIpc) is 3.30. The molecular formula is C18H11FN4O3S2. The number of aryl methyl sites for hydroxylation is 1. The van der Waals surface area contributed by atoms with E-state index in [2.05, 4.69) is 15.3 Å². The van der Waals surface area contributed by atoms with E-state index >= 15 is 0 Å². The molecule has 10 heteroatoms. The first-order chi connectivity index (χ1) is 13.4. The van der Waals surface area contributed by atoms with Crippen molar-refractivity contribution in [3.8, 4) is 11.4 Å². The number of amides is 1. The lowest BCUT2D eigenvalue weighted by Crippen LogP contribution is -2.12. The fourth-order valence-corrected chi connectivity index (χ4v) is 4.21. The molecule has 0 bridgehead atoms. The number of rotatable bonds is 4. The van der Waals surface area contributed by atoms with E-state index < -0.39 is 10.8 Å². The van der Waals surface area contributed by atoms with Crippen molar-refractivity contribution in [2.24, 2.45) is 0 Å². The number of hydrogen-bond acceptors (Lipinski definition) is 7. The van der Waals surface area contributed by atoms with E-state index in [1.165, 1.54) is 35.6 Å². The Hall–Kier alpha value is -3.24. The molecule has 3 heterocycles. The molecule has 0 unspecified atom stereocenters. The van der Waals surface area contributed by atoms with E-state index in [-0.39, 0.29) is 15.7 Å². The van der Waals surface area contributed by atoms with Crippen LogP contribution < -0.4 is 5.32 Å². The molecule has 0 aliphatic heterocycles. The Bertz CT molecular complexity index is 1220. The zero-order valence-electron chi connectivity index (χ0n) is 14.3. The molecule has 0 spiro atoms. The van der Waals surface area contributed by atoms with Crippen LogP contribution in [0.1, 0.15) is 15.2 Å². The van der Waals surface area contributed by atoms with Gasteiger partial charge in [-0.25, -0.2) is 14.4 Å². The molecule has 0 saturated heterocycles. The Balaban J connectivity index is 1.75. The van der Waals surface area contributed by atoms with E-state index in [0.717, 1.165) is 16.9 Å². The summed E-state index contributed by atoms with van der Waals surface area (Å²) in [6, 6.07) is 8.43. The minimum absolute atomic E-state index is 0.114. The van der Waals surface area contributed by atoms with Gasteiger partial charge in [-0.1, -0.05) is 11.3 Å². The lowest BCUT2D eigenvalue weighted by atomic mass is 10.2. The Morgan fingerprint density at radius 2 is 1.93 bits per heavy atom. The molecule has 140 valence electrons. The van der Waals surface area contributed by atoms with E-state index in [1.807, 2.05) is 12.3 Å². The highest BCUT2D eigenvalue weighted by atomic mass is 32.1. The lowest BCUT2D eigenvalue weighted by molar-refractivity contribution is -0.380. The van der Waals surface area contributed by atoms with Crippen LogP contribution in [-0.4, -0.2) is 20.8 Å². The summed E-state index contributed by atoms with van der Waals surface area (Å²) in [4.78, 5) is 32.0. The fourth-order valence-electron chi connectivity index (χ4n) is 2.56. The zero-order chi connectivity index (χ0) is 19.8. The summed E-state index contributed by atoms with van der Waals surface area (Å²) in [5.74, 6) is -0.205. The van der Waals surface area contributed by atoms with Crippen LogP contribution in [0, 0.1) is 22.9 Å². The molecule has 0 fully saturated rings. The maximum atomic E-state index is 13.2. The molecule has 4 rings (SSSR count). The predicted octanol–water partition coefficient (Wildman–Crippen LogP) is 5.03. The van der Waals surface area contributed by atoms with Crippen LogP contribution in [0.5, 0.6) is 0 Å².